The number of halogens is 1. The van der Waals surface area contributed by atoms with Crippen LogP contribution in [0.15, 0.2) is 29.3 Å². The van der Waals surface area contributed by atoms with Gasteiger partial charge in [0.1, 0.15) is 5.54 Å². The molecule has 7 nitrogen and oxygen atoms in total. The van der Waals surface area contributed by atoms with E-state index in [0.29, 0.717) is 6.54 Å². The Labute approximate surface area is 183 Å². The van der Waals surface area contributed by atoms with Crippen molar-refractivity contribution in [3.8, 4) is 0 Å². The summed E-state index contributed by atoms with van der Waals surface area (Å²) in [5.41, 5.74) is 1.62. The van der Waals surface area contributed by atoms with E-state index in [1.807, 2.05) is 6.92 Å². The van der Waals surface area contributed by atoms with Gasteiger partial charge in [0.2, 0.25) is 0 Å². The van der Waals surface area contributed by atoms with Crippen LogP contribution in [0.5, 0.6) is 0 Å². The number of likely N-dealkylation sites (tertiary alicyclic amines) is 1. The van der Waals surface area contributed by atoms with E-state index in [1.54, 1.807) is 0 Å². The van der Waals surface area contributed by atoms with Gasteiger partial charge < -0.3 is 15.5 Å². The molecule has 1 aromatic carbocycles. The number of urea groups is 1. The third kappa shape index (κ3) is 4.95. The summed E-state index contributed by atoms with van der Waals surface area (Å²) in [4.78, 5) is 30.7. The van der Waals surface area contributed by atoms with Crippen molar-refractivity contribution in [3.63, 3.8) is 0 Å². The zero-order valence-corrected chi connectivity index (χ0v) is 19.1. The van der Waals surface area contributed by atoms with Gasteiger partial charge in [-0.1, -0.05) is 29.8 Å². The fraction of sp³-hybridized carbons (Fsp3) is 0.550. The van der Waals surface area contributed by atoms with Crippen molar-refractivity contribution < 1.29 is 9.59 Å². The number of amides is 3. The fourth-order valence-electron chi connectivity index (χ4n) is 3.80. The number of nitrogens with zero attached hydrogens (tertiary/aromatic N) is 2. The Morgan fingerprint density at radius 3 is 2.43 bits per heavy atom. The average molecular weight is 499 g/mol. The van der Waals surface area contributed by atoms with Crippen molar-refractivity contribution in [2.75, 3.05) is 19.6 Å². The Balaban J connectivity index is 0.00000280. The number of benzene rings is 1. The molecule has 8 heteroatoms. The summed E-state index contributed by atoms with van der Waals surface area (Å²) in [7, 11) is 0. The highest BCUT2D eigenvalue weighted by molar-refractivity contribution is 14.0. The standard InChI is InChI=1S/C20H29N5O2.HI/c1-4-21-18(22-13-15-7-5-14(2)6-8-15)25-11-9-16(10-12-25)20(3)17(26)23-19(27)24-20;/h5-8,16H,4,9-13H2,1-3H3,(H,21,22)(H2,23,24,26,27);1H. The first-order valence-electron chi connectivity index (χ1n) is 9.64. The van der Waals surface area contributed by atoms with Crippen LogP contribution in [0.2, 0.25) is 0 Å². The van der Waals surface area contributed by atoms with Crippen molar-refractivity contribution in [2.45, 2.75) is 45.7 Å². The molecule has 1 atom stereocenters. The molecule has 0 saturated carbocycles. The number of carbonyl (C=O) groups is 2. The number of hydrogen-bond donors (Lipinski definition) is 3. The highest BCUT2D eigenvalue weighted by atomic mass is 127. The maximum absolute atomic E-state index is 12.2. The minimum absolute atomic E-state index is 0. The second kappa shape index (κ2) is 9.58. The lowest BCUT2D eigenvalue weighted by molar-refractivity contribution is -0.125. The largest absolute Gasteiger partial charge is 0.357 e. The predicted molar refractivity (Wildman–Crippen MR) is 121 cm³/mol. The first-order chi connectivity index (χ1) is 12.9. The zero-order valence-electron chi connectivity index (χ0n) is 16.7. The van der Waals surface area contributed by atoms with Crippen molar-refractivity contribution in [2.24, 2.45) is 10.9 Å². The first kappa shape index (κ1) is 22.4. The molecule has 28 heavy (non-hydrogen) atoms. The van der Waals surface area contributed by atoms with Gasteiger partial charge in [0.25, 0.3) is 5.91 Å². The minimum Gasteiger partial charge on any atom is -0.357 e. The number of piperidine rings is 1. The summed E-state index contributed by atoms with van der Waals surface area (Å²) in [5, 5.41) is 8.54. The van der Waals surface area contributed by atoms with Crippen LogP contribution in [-0.2, 0) is 11.3 Å². The Morgan fingerprint density at radius 2 is 1.89 bits per heavy atom. The molecular formula is C20H30IN5O2. The molecule has 2 aliphatic rings. The Bertz CT molecular complexity index is 729. The third-order valence-corrected chi connectivity index (χ3v) is 5.55. The maximum Gasteiger partial charge on any atom is 0.322 e. The van der Waals surface area contributed by atoms with E-state index in [9.17, 15) is 9.59 Å². The number of nitrogens with one attached hydrogen (secondary N) is 3. The topological polar surface area (TPSA) is 85.8 Å². The summed E-state index contributed by atoms with van der Waals surface area (Å²) in [6.45, 7) is 9.03. The van der Waals surface area contributed by atoms with Gasteiger partial charge in [-0.3, -0.25) is 10.1 Å². The SMILES string of the molecule is CCNC(=NCc1ccc(C)cc1)N1CCC(C2(C)NC(=O)NC2=O)CC1.I. The second-order valence-corrected chi connectivity index (χ2v) is 7.53. The zero-order chi connectivity index (χ0) is 19.4. The molecule has 0 aromatic heterocycles. The van der Waals surface area contributed by atoms with E-state index in [4.69, 9.17) is 4.99 Å². The number of hydrogen-bond acceptors (Lipinski definition) is 3. The lowest BCUT2D eigenvalue weighted by Crippen LogP contribution is -2.55. The monoisotopic (exact) mass is 499 g/mol. The van der Waals surface area contributed by atoms with Gasteiger partial charge in [-0.25, -0.2) is 9.79 Å². The van der Waals surface area contributed by atoms with Crippen LogP contribution < -0.4 is 16.0 Å². The van der Waals surface area contributed by atoms with Crippen LogP contribution >= 0.6 is 24.0 Å². The molecule has 154 valence electrons. The van der Waals surface area contributed by atoms with E-state index < -0.39 is 11.6 Å². The number of guanidine groups is 1. The third-order valence-electron chi connectivity index (χ3n) is 5.55. The number of imide groups is 1. The van der Waals surface area contributed by atoms with Crippen molar-refractivity contribution in [3.05, 3.63) is 35.4 Å². The lowest BCUT2D eigenvalue weighted by Gasteiger charge is -2.39. The molecule has 3 N–H and O–H groups in total. The smallest absolute Gasteiger partial charge is 0.322 e. The van der Waals surface area contributed by atoms with Gasteiger partial charge in [-0.05, 0) is 45.1 Å². The van der Waals surface area contributed by atoms with Crippen LogP contribution in [0.1, 0.15) is 37.8 Å². The highest BCUT2D eigenvalue weighted by Gasteiger charge is 2.48. The molecule has 0 radical (unpaired) electrons. The molecule has 2 aliphatic heterocycles. The molecule has 0 bridgehead atoms. The van der Waals surface area contributed by atoms with Gasteiger partial charge in [-0.2, -0.15) is 0 Å². The van der Waals surface area contributed by atoms with Gasteiger partial charge in [0.15, 0.2) is 5.96 Å². The average Bonchev–Trinajstić information content (AvgIpc) is 2.93. The summed E-state index contributed by atoms with van der Waals surface area (Å²) in [5.74, 6) is 0.813. The van der Waals surface area contributed by atoms with Gasteiger partial charge >= 0.3 is 6.03 Å². The van der Waals surface area contributed by atoms with E-state index in [-0.39, 0.29) is 35.8 Å². The lowest BCUT2D eigenvalue weighted by atomic mass is 9.79. The highest BCUT2D eigenvalue weighted by Crippen LogP contribution is 2.30. The molecule has 2 heterocycles. The first-order valence-corrected chi connectivity index (χ1v) is 9.64. The number of carbonyl (C=O) groups excluding carboxylic acids is 2. The van der Waals surface area contributed by atoms with Gasteiger partial charge in [-0.15, -0.1) is 24.0 Å². The summed E-state index contributed by atoms with van der Waals surface area (Å²) >= 11 is 0. The van der Waals surface area contributed by atoms with Crippen LogP contribution in [0.4, 0.5) is 4.79 Å². The number of aliphatic imine (C=N–C) groups is 1. The van der Waals surface area contributed by atoms with E-state index >= 15 is 0 Å². The molecule has 2 fully saturated rings. The van der Waals surface area contributed by atoms with Crippen molar-refractivity contribution in [1.29, 1.82) is 0 Å². The number of aryl methyl sites for hydroxylation is 1. The van der Waals surface area contributed by atoms with Crippen molar-refractivity contribution in [1.82, 2.24) is 20.9 Å². The summed E-state index contributed by atoms with van der Waals surface area (Å²) in [6, 6.07) is 8.03. The van der Waals surface area contributed by atoms with E-state index in [2.05, 4.69) is 59.0 Å². The molecule has 2 saturated heterocycles. The molecule has 3 rings (SSSR count). The summed E-state index contributed by atoms with van der Waals surface area (Å²) in [6.07, 6.45) is 1.66. The van der Waals surface area contributed by atoms with E-state index in [1.165, 1.54) is 11.1 Å². The molecule has 1 aromatic rings. The van der Waals surface area contributed by atoms with E-state index in [0.717, 1.165) is 38.4 Å². The van der Waals surface area contributed by atoms with Crippen LogP contribution in [0.25, 0.3) is 0 Å². The van der Waals surface area contributed by atoms with Crippen LogP contribution in [0, 0.1) is 12.8 Å². The Morgan fingerprint density at radius 1 is 1.25 bits per heavy atom. The minimum atomic E-state index is -0.805. The summed E-state index contributed by atoms with van der Waals surface area (Å²) < 4.78 is 0. The molecule has 1 unspecified atom stereocenters. The molecule has 0 spiro atoms. The Kier molecular flexibility index (Phi) is 7.68. The Hall–Kier alpha value is -1.84. The van der Waals surface area contributed by atoms with Crippen molar-refractivity contribution >= 4 is 41.9 Å². The molecule has 3 amide bonds. The second-order valence-electron chi connectivity index (χ2n) is 7.53. The number of rotatable bonds is 4. The maximum atomic E-state index is 12.2. The predicted octanol–water partition coefficient (Wildman–Crippen LogP) is 2.39. The normalized spacial score (nSPS) is 23.1. The molecule has 0 aliphatic carbocycles. The molecular weight excluding hydrogens is 469 g/mol. The quantitative estimate of drug-likeness (QED) is 0.257. The van der Waals surface area contributed by atoms with Gasteiger partial charge in [0, 0.05) is 19.6 Å². The fourth-order valence-corrected chi connectivity index (χ4v) is 3.80. The van der Waals surface area contributed by atoms with Crippen LogP contribution in [0.3, 0.4) is 0 Å². The van der Waals surface area contributed by atoms with Gasteiger partial charge in [0.05, 0.1) is 6.54 Å². The van der Waals surface area contributed by atoms with Crippen LogP contribution in [-0.4, -0.2) is 48.0 Å².